The minimum Gasteiger partial charge on any atom is -0.463 e. The van der Waals surface area contributed by atoms with Gasteiger partial charge in [0.15, 0.2) is 0 Å². The molecule has 0 unspecified atom stereocenters. The molecule has 0 aliphatic heterocycles. The molecular weight excluding hydrogens is 632 g/mol. The maximum Gasteiger partial charge on any atom is 0.305 e. The Bertz CT molecular complexity index is 602. The second-order valence-corrected chi connectivity index (χ2v) is 10.4. The van der Waals surface area contributed by atoms with Crippen molar-refractivity contribution in [2.45, 2.75) is 52.4 Å². The third kappa shape index (κ3) is 43.0. The molecule has 0 N–H and O–H groups in total. The average molecular weight is 701 g/mol. The number of esters is 1. The summed E-state index contributed by atoms with van der Waals surface area (Å²) in [5, 5.41) is 0. The quantitative estimate of drug-likeness (QED) is 0.0681. The molecule has 0 aromatic carbocycles. The molecule has 0 aliphatic carbocycles. The van der Waals surface area contributed by atoms with Crippen LogP contribution in [0, 0.1) is 0 Å². The Morgan fingerprint density at radius 1 is 0.292 bits per heavy atom. The van der Waals surface area contributed by atoms with Crippen LogP contribution in [-0.2, 0) is 66.4 Å². The fourth-order valence-electron chi connectivity index (χ4n) is 3.57. The van der Waals surface area contributed by atoms with E-state index in [1.807, 2.05) is 0 Å². The lowest BCUT2D eigenvalue weighted by atomic mass is 10.2. The van der Waals surface area contributed by atoms with Crippen molar-refractivity contribution in [1.29, 1.82) is 0 Å². The minimum absolute atomic E-state index is 0.159. The van der Waals surface area contributed by atoms with Crippen LogP contribution in [0.3, 0.4) is 0 Å². The Hall–Kier alpha value is -1.01. The number of hydrogen-bond acceptors (Lipinski definition) is 14. The van der Waals surface area contributed by atoms with Crippen molar-refractivity contribution in [2.24, 2.45) is 0 Å². The molecule has 0 amide bonds. The van der Waals surface area contributed by atoms with E-state index in [1.54, 1.807) is 0 Å². The molecule has 0 aromatic heterocycles. The molecule has 0 aromatic rings. The molecule has 0 aliphatic rings. The van der Waals surface area contributed by atoms with E-state index in [1.165, 1.54) is 0 Å². The zero-order valence-electron chi connectivity index (χ0n) is 30.1. The predicted octanol–water partition coefficient (Wildman–Crippen LogP) is 3.11. The van der Waals surface area contributed by atoms with E-state index in [0.29, 0.717) is 158 Å². The maximum absolute atomic E-state index is 11.5. The van der Waals surface area contributed by atoms with E-state index < -0.39 is 0 Å². The van der Waals surface area contributed by atoms with Crippen LogP contribution in [0.4, 0.5) is 0 Å². The molecule has 0 bridgehead atoms. The van der Waals surface area contributed by atoms with Crippen molar-refractivity contribution in [3.8, 4) is 0 Å². The van der Waals surface area contributed by atoms with E-state index >= 15 is 0 Å². The summed E-state index contributed by atoms with van der Waals surface area (Å²) in [5.41, 5.74) is 0. The van der Waals surface area contributed by atoms with Crippen LogP contribution in [0.5, 0.6) is 0 Å². The highest BCUT2D eigenvalue weighted by Crippen LogP contribution is 2.00. The Morgan fingerprint density at radius 3 is 0.771 bits per heavy atom. The minimum atomic E-state index is -0.159. The monoisotopic (exact) mass is 700 g/mol. The first-order chi connectivity index (χ1) is 23.8. The average Bonchev–Trinajstić information content (AvgIpc) is 3.09. The lowest BCUT2D eigenvalue weighted by molar-refractivity contribution is -0.145. The fraction of sp³-hybridized carbons (Fsp3) is 0.971. The van der Waals surface area contributed by atoms with Gasteiger partial charge in [-0.3, -0.25) is 4.79 Å². The molecule has 48 heavy (non-hydrogen) atoms. The van der Waals surface area contributed by atoms with Gasteiger partial charge in [0.2, 0.25) is 0 Å². The molecule has 0 atom stereocenters. The maximum atomic E-state index is 11.5. The van der Waals surface area contributed by atoms with E-state index in [4.69, 9.17) is 61.6 Å². The van der Waals surface area contributed by atoms with Gasteiger partial charge in [-0.15, -0.1) is 0 Å². The molecule has 0 heterocycles. The van der Waals surface area contributed by atoms with Gasteiger partial charge in [-0.05, 0) is 12.8 Å². The second-order valence-electron chi connectivity index (χ2n) is 10.4. The summed E-state index contributed by atoms with van der Waals surface area (Å²) in [6, 6.07) is 0. The molecule has 0 saturated carbocycles. The van der Waals surface area contributed by atoms with Crippen LogP contribution in [-0.4, -0.2) is 171 Å². The number of unbranched alkanes of at least 4 members (excludes halogenated alkanes) is 3. The van der Waals surface area contributed by atoms with Crippen LogP contribution in [0.2, 0.25) is 0 Å². The Balaban J connectivity index is 3.07. The molecule has 0 rings (SSSR count). The fourth-order valence-corrected chi connectivity index (χ4v) is 3.57. The first-order valence-corrected chi connectivity index (χ1v) is 17.9. The third-order valence-electron chi connectivity index (χ3n) is 6.21. The highest BCUT2D eigenvalue weighted by molar-refractivity contribution is 5.69. The molecule has 288 valence electrons. The van der Waals surface area contributed by atoms with Crippen LogP contribution in [0.25, 0.3) is 0 Å². The van der Waals surface area contributed by atoms with Gasteiger partial charge >= 0.3 is 5.97 Å². The Labute approximate surface area is 289 Å². The molecule has 14 nitrogen and oxygen atoms in total. The topological polar surface area (TPSA) is 137 Å². The molecule has 14 heteroatoms. The van der Waals surface area contributed by atoms with E-state index in [-0.39, 0.29) is 12.6 Å². The summed E-state index contributed by atoms with van der Waals surface area (Å²) in [6.07, 6.45) is 5.73. The summed E-state index contributed by atoms with van der Waals surface area (Å²) in [6.45, 7) is 17.1. The van der Waals surface area contributed by atoms with Crippen molar-refractivity contribution in [3.63, 3.8) is 0 Å². The summed E-state index contributed by atoms with van der Waals surface area (Å²) < 4.78 is 70.6. The molecule has 0 radical (unpaired) electrons. The Morgan fingerprint density at radius 2 is 0.521 bits per heavy atom. The molecule has 0 spiro atoms. The van der Waals surface area contributed by atoms with E-state index in [9.17, 15) is 4.79 Å². The van der Waals surface area contributed by atoms with Gasteiger partial charge in [-0.1, -0.05) is 33.1 Å². The normalized spacial score (nSPS) is 11.5. The van der Waals surface area contributed by atoms with Crippen molar-refractivity contribution >= 4 is 5.97 Å². The van der Waals surface area contributed by atoms with Crippen molar-refractivity contribution in [3.05, 3.63) is 0 Å². The number of rotatable bonds is 43. The van der Waals surface area contributed by atoms with E-state index in [2.05, 4.69) is 13.8 Å². The van der Waals surface area contributed by atoms with Crippen LogP contribution in [0.1, 0.15) is 52.4 Å². The molecule has 0 saturated heterocycles. The van der Waals surface area contributed by atoms with Gasteiger partial charge in [-0.2, -0.15) is 0 Å². The lowest BCUT2D eigenvalue weighted by Crippen LogP contribution is -2.15. The predicted molar refractivity (Wildman–Crippen MR) is 180 cm³/mol. The zero-order chi connectivity index (χ0) is 34.7. The summed E-state index contributed by atoms with van der Waals surface area (Å²) in [5.74, 6) is -0.159. The van der Waals surface area contributed by atoms with Crippen LogP contribution in [0.15, 0.2) is 0 Å². The number of hydrogen-bond donors (Lipinski definition) is 0. The van der Waals surface area contributed by atoms with Gasteiger partial charge in [0.25, 0.3) is 0 Å². The standard InChI is InChI=1S/C34H68O14/c1-3-5-7-8-34(35)48-33-32-47-31-30-46-29-28-45-27-26-44-25-24-43-23-22-42-21-20-41-19-18-40-17-16-39-15-14-38-13-12-37-11-10-36-9-6-4-2/h3-33H2,1-2H3. The SMILES string of the molecule is CCCCCC(=O)OCCOCCOCCOCCOCCOCCOCCOCCOCCOCCOCCOCCOCCCC. The van der Waals surface area contributed by atoms with Gasteiger partial charge in [0.1, 0.15) is 6.61 Å². The second kappa shape index (κ2) is 44.0. The van der Waals surface area contributed by atoms with E-state index in [0.717, 1.165) is 38.7 Å². The smallest absolute Gasteiger partial charge is 0.305 e. The largest absolute Gasteiger partial charge is 0.463 e. The number of ether oxygens (including phenoxy) is 13. The third-order valence-corrected chi connectivity index (χ3v) is 6.21. The number of carbonyl (C=O) groups is 1. The zero-order valence-corrected chi connectivity index (χ0v) is 30.1. The summed E-state index contributed by atoms with van der Waals surface area (Å²) in [7, 11) is 0. The first-order valence-electron chi connectivity index (χ1n) is 17.9. The lowest BCUT2D eigenvalue weighted by Gasteiger charge is -2.09. The summed E-state index contributed by atoms with van der Waals surface area (Å²) in [4.78, 5) is 11.5. The van der Waals surface area contributed by atoms with Gasteiger partial charge in [-0.25, -0.2) is 0 Å². The van der Waals surface area contributed by atoms with Crippen molar-refractivity contribution in [1.82, 2.24) is 0 Å². The van der Waals surface area contributed by atoms with Crippen molar-refractivity contribution < 1.29 is 66.4 Å². The van der Waals surface area contributed by atoms with Crippen LogP contribution >= 0.6 is 0 Å². The van der Waals surface area contributed by atoms with Crippen LogP contribution < -0.4 is 0 Å². The first kappa shape index (κ1) is 47.0. The molecule has 0 fully saturated rings. The highest BCUT2D eigenvalue weighted by atomic mass is 16.6. The molecular formula is C34H68O14. The van der Waals surface area contributed by atoms with Gasteiger partial charge in [0, 0.05) is 13.0 Å². The van der Waals surface area contributed by atoms with Gasteiger partial charge < -0.3 is 61.6 Å². The van der Waals surface area contributed by atoms with Crippen molar-refractivity contribution in [2.75, 3.05) is 165 Å². The highest BCUT2D eigenvalue weighted by Gasteiger charge is 2.02. The number of carbonyl (C=O) groups excluding carboxylic acids is 1. The Kier molecular flexibility index (Phi) is 43.1. The summed E-state index contributed by atoms with van der Waals surface area (Å²) >= 11 is 0. The van der Waals surface area contributed by atoms with Gasteiger partial charge in [0.05, 0.1) is 152 Å².